The Bertz CT molecular complexity index is 501. The van der Waals surface area contributed by atoms with Crippen molar-refractivity contribution in [2.75, 3.05) is 28.8 Å². The molecule has 0 aliphatic rings. The summed E-state index contributed by atoms with van der Waals surface area (Å²) in [7, 11) is -3.20. The molecule has 0 saturated carbocycles. The van der Waals surface area contributed by atoms with Gasteiger partial charge in [0, 0.05) is 18.1 Å². The van der Waals surface area contributed by atoms with E-state index in [0.717, 1.165) is 17.2 Å². The van der Waals surface area contributed by atoms with Crippen molar-refractivity contribution in [1.29, 1.82) is 0 Å². The first kappa shape index (κ1) is 15.2. The van der Waals surface area contributed by atoms with Gasteiger partial charge < -0.3 is 11.1 Å². The Morgan fingerprint density at radius 3 is 2.61 bits per heavy atom. The number of nitrogens with one attached hydrogen (secondary N) is 1. The number of rotatable bonds is 6. The van der Waals surface area contributed by atoms with Crippen LogP contribution in [-0.2, 0) is 9.84 Å². The standard InChI is InChI=1S/C12H20N2O2S2/c1-4-17-8-9(2)14-12-6-5-10(7-11(12)13)18(3,15)16/h5-7,9,14H,4,8,13H2,1-3H3. The van der Waals surface area contributed by atoms with Crippen molar-refractivity contribution in [2.45, 2.75) is 24.8 Å². The predicted octanol–water partition coefficient (Wildman–Crippen LogP) is 2.23. The monoisotopic (exact) mass is 288 g/mol. The summed E-state index contributed by atoms with van der Waals surface area (Å²) in [5, 5.41) is 3.28. The number of sulfone groups is 1. The Kier molecular flexibility index (Phi) is 5.34. The van der Waals surface area contributed by atoms with Crippen molar-refractivity contribution >= 4 is 33.0 Å². The van der Waals surface area contributed by atoms with Crippen LogP contribution in [0.1, 0.15) is 13.8 Å². The normalized spacial score (nSPS) is 13.3. The third kappa shape index (κ3) is 4.42. The van der Waals surface area contributed by atoms with Gasteiger partial charge in [0.05, 0.1) is 16.3 Å². The minimum Gasteiger partial charge on any atom is -0.397 e. The molecule has 1 aromatic carbocycles. The summed E-state index contributed by atoms with van der Waals surface area (Å²) >= 11 is 1.85. The Balaban J connectivity index is 2.80. The molecule has 0 fully saturated rings. The molecule has 1 rings (SSSR count). The number of nitrogen functional groups attached to an aromatic ring is 1. The van der Waals surface area contributed by atoms with Crippen molar-refractivity contribution in [2.24, 2.45) is 0 Å². The molecule has 0 spiro atoms. The molecule has 1 unspecified atom stereocenters. The zero-order valence-electron chi connectivity index (χ0n) is 10.9. The second-order valence-electron chi connectivity index (χ2n) is 4.23. The van der Waals surface area contributed by atoms with Crippen LogP contribution in [0.4, 0.5) is 11.4 Å². The molecule has 0 radical (unpaired) electrons. The van der Waals surface area contributed by atoms with E-state index in [0.29, 0.717) is 11.7 Å². The van der Waals surface area contributed by atoms with E-state index in [2.05, 4.69) is 19.2 Å². The van der Waals surface area contributed by atoms with Gasteiger partial charge in [0.1, 0.15) is 0 Å². The SMILES string of the molecule is CCSCC(C)Nc1ccc(S(C)(=O)=O)cc1N. The molecule has 4 nitrogen and oxygen atoms in total. The van der Waals surface area contributed by atoms with Gasteiger partial charge in [0.2, 0.25) is 0 Å². The minimum absolute atomic E-state index is 0.251. The van der Waals surface area contributed by atoms with E-state index in [-0.39, 0.29) is 4.90 Å². The van der Waals surface area contributed by atoms with Crippen LogP contribution < -0.4 is 11.1 Å². The van der Waals surface area contributed by atoms with Gasteiger partial charge in [-0.25, -0.2) is 8.42 Å². The van der Waals surface area contributed by atoms with Crippen LogP contribution in [0.25, 0.3) is 0 Å². The smallest absolute Gasteiger partial charge is 0.175 e. The lowest BCUT2D eigenvalue weighted by Crippen LogP contribution is -2.19. The lowest BCUT2D eigenvalue weighted by Gasteiger charge is -2.16. The van der Waals surface area contributed by atoms with Crippen LogP contribution in [0, 0.1) is 0 Å². The van der Waals surface area contributed by atoms with Gasteiger partial charge in [0.25, 0.3) is 0 Å². The Hall–Kier alpha value is -0.880. The third-order valence-corrected chi connectivity index (χ3v) is 4.68. The summed E-state index contributed by atoms with van der Waals surface area (Å²) < 4.78 is 22.8. The van der Waals surface area contributed by atoms with Crippen molar-refractivity contribution in [3.63, 3.8) is 0 Å². The van der Waals surface area contributed by atoms with Gasteiger partial charge >= 0.3 is 0 Å². The van der Waals surface area contributed by atoms with E-state index in [1.165, 1.54) is 12.3 Å². The highest BCUT2D eigenvalue weighted by Crippen LogP contribution is 2.23. The van der Waals surface area contributed by atoms with Gasteiger partial charge in [-0.05, 0) is 30.9 Å². The van der Waals surface area contributed by atoms with Crippen molar-refractivity contribution < 1.29 is 8.42 Å². The first-order valence-electron chi connectivity index (χ1n) is 5.78. The fourth-order valence-corrected chi connectivity index (χ4v) is 2.83. The molecule has 0 saturated heterocycles. The lowest BCUT2D eigenvalue weighted by atomic mass is 10.2. The number of nitrogens with two attached hydrogens (primary N) is 1. The first-order valence-corrected chi connectivity index (χ1v) is 8.83. The number of hydrogen-bond acceptors (Lipinski definition) is 5. The maximum Gasteiger partial charge on any atom is 0.175 e. The number of thioether (sulfide) groups is 1. The summed E-state index contributed by atoms with van der Waals surface area (Å²) in [6.45, 7) is 4.19. The van der Waals surface area contributed by atoms with Gasteiger partial charge in [0.15, 0.2) is 9.84 Å². The Morgan fingerprint density at radius 2 is 2.11 bits per heavy atom. The number of anilines is 2. The molecule has 6 heteroatoms. The van der Waals surface area contributed by atoms with Gasteiger partial charge in [-0.15, -0.1) is 0 Å². The quantitative estimate of drug-likeness (QED) is 0.785. The fourth-order valence-electron chi connectivity index (χ4n) is 1.50. The molecule has 0 heterocycles. The number of hydrogen-bond donors (Lipinski definition) is 2. The maximum atomic E-state index is 11.4. The zero-order chi connectivity index (χ0) is 13.8. The van der Waals surface area contributed by atoms with Gasteiger partial charge in [-0.3, -0.25) is 0 Å². The molecular weight excluding hydrogens is 268 g/mol. The zero-order valence-corrected chi connectivity index (χ0v) is 12.6. The average Bonchev–Trinajstić information content (AvgIpc) is 2.27. The third-order valence-electron chi connectivity index (χ3n) is 2.43. The largest absolute Gasteiger partial charge is 0.397 e. The van der Waals surface area contributed by atoms with E-state index in [1.54, 1.807) is 12.1 Å². The van der Waals surface area contributed by atoms with Crippen LogP contribution in [0.3, 0.4) is 0 Å². The van der Waals surface area contributed by atoms with Gasteiger partial charge in [-0.2, -0.15) is 11.8 Å². The highest BCUT2D eigenvalue weighted by atomic mass is 32.2. The average molecular weight is 288 g/mol. The fraction of sp³-hybridized carbons (Fsp3) is 0.500. The topological polar surface area (TPSA) is 72.2 Å². The van der Waals surface area contributed by atoms with E-state index in [4.69, 9.17) is 5.73 Å². The Labute approximate surface area is 113 Å². The lowest BCUT2D eigenvalue weighted by molar-refractivity contribution is 0.602. The number of benzene rings is 1. The second kappa shape index (κ2) is 6.33. The molecule has 102 valence electrons. The highest BCUT2D eigenvalue weighted by Gasteiger charge is 2.10. The van der Waals surface area contributed by atoms with Crippen LogP contribution in [0.5, 0.6) is 0 Å². The summed E-state index contributed by atoms with van der Waals surface area (Å²) in [5.41, 5.74) is 7.11. The molecule has 0 amide bonds. The van der Waals surface area contributed by atoms with Crippen molar-refractivity contribution in [3.8, 4) is 0 Å². The molecule has 0 aliphatic carbocycles. The molecular formula is C12H20N2O2S2. The first-order chi connectivity index (χ1) is 8.34. The summed E-state index contributed by atoms with van der Waals surface area (Å²) in [5.74, 6) is 2.07. The van der Waals surface area contributed by atoms with Crippen LogP contribution >= 0.6 is 11.8 Å². The van der Waals surface area contributed by atoms with Crippen molar-refractivity contribution in [1.82, 2.24) is 0 Å². The molecule has 0 aromatic heterocycles. The Morgan fingerprint density at radius 1 is 1.44 bits per heavy atom. The van der Waals surface area contributed by atoms with E-state index < -0.39 is 9.84 Å². The van der Waals surface area contributed by atoms with Crippen LogP contribution in [0.2, 0.25) is 0 Å². The van der Waals surface area contributed by atoms with Crippen LogP contribution in [-0.4, -0.2) is 32.2 Å². The van der Waals surface area contributed by atoms with Gasteiger partial charge in [-0.1, -0.05) is 6.92 Å². The van der Waals surface area contributed by atoms with Crippen molar-refractivity contribution in [3.05, 3.63) is 18.2 Å². The molecule has 3 N–H and O–H groups in total. The minimum atomic E-state index is -3.20. The summed E-state index contributed by atoms with van der Waals surface area (Å²) in [6.07, 6.45) is 1.18. The summed E-state index contributed by atoms with van der Waals surface area (Å²) in [4.78, 5) is 0.251. The predicted molar refractivity (Wildman–Crippen MR) is 80.0 cm³/mol. The highest BCUT2D eigenvalue weighted by molar-refractivity contribution is 7.99. The van der Waals surface area contributed by atoms with E-state index >= 15 is 0 Å². The molecule has 0 aliphatic heterocycles. The van der Waals surface area contributed by atoms with Crippen LogP contribution in [0.15, 0.2) is 23.1 Å². The van der Waals surface area contributed by atoms with E-state index in [9.17, 15) is 8.42 Å². The second-order valence-corrected chi connectivity index (χ2v) is 7.56. The van der Waals surface area contributed by atoms with E-state index in [1.807, 2.05) is 11.8 Å². The molecule has 18 heavy (non-hydrogen) atoms. The molecule has 1 aromatic rings. The molecule has 0 bridgehead atoms. The summed E-state index contributed by atoms with van der Waals surface area (Å²) in [6, 6.07) is 5.09. The molecule has 1 atom stereocenters. The maximum absolute atomic E-state index is 11.4.